The van der Waals surface area contributed by atoms with Gasteiger partial charge in [-0.15, -0.1) is 0 Å². The van der Waals surface area contributed by atoms with E-state index in [1.807, 2.05) is 32.0 Å². The molecule has 2 aromatic rings. The third kappa shape index (κ3) is 7.37. The zero-order valence-electron chi connectivity index (χ0n) is 16.6. The zero-order chi connectivity index (χ0) is 21.2. The van der Waals surface area contributed by atoms with Crippen molar-refractivity contribution < 1.29 is 23.5 Å². The SMILES string of the molecule is CCCN(CC(=O)Nc1ccccc1C)C(=O)COC(=O)Cc1cccc(F)c1. The summed E-state index contributed by atoms with van der Waals surface area (Å²) in [7, 11) is 0. The molecule has 0 spiro atoms. The van der Waals surface area contributed by atoms with Crippen molar-refractivity contribution in [3.63, 3.8) is 0 Å². The Morgan fingerprint density at radius 2 is 1.86 bits per heavy atom. The highest BCUT2D eigenvalue weighted by atomic mass is 19.1. The fraction of sp³-hybridized carbons (Fsp3) is 0.318. The van der Waals surface area contributed by atoms with Gasteiger partial charge < -0.3 is 15.0 Å². The van der Waals surface area contributed by atoms with E-state index in [0.717, 1.165) is 5.56 Å². The second-order valence-electron chi connectivity index (χ2n) is 6.65. The molecule has 1 N–H and O–H groups in total. The van der Waals surface area contributed by atoms with Gasteiger partial charge in [0.25, 0.3) is 5.91 Å². The van der Waals surface area contributed by atoms with Gasteiger partial charge in [0.05, 0.1) is 13.0 Å². The number of benzene rings is 2. The summed E-state index contributed by atoms with van der Waals surface area (Å²) >= 11 is 0. The van der Waals surface area contributed by atoms with Crippen molar-refractivity contribution in [2.75, 3.05) is 25.0 Å². The van der Waals surface area contributed by atoms with Crippen LogP contribution in [0.15, 0.2) is 48.5 Å². The second-order valence-corrected chi connectivity index (χ2v) is 6.65. The van der Waals surface area contributed by atoms with E-state index in [1.54, 1.807) is 12.1 Å². The third-order valence-corrected chi connectivity index (χ3v) is 4.19. The first-order valence-electron chi connectivity index (χ1n) is 9.42. The lowest BCUT2D eigenvalue weighted by atomic mass is 10.1. The van der Waals surface area contributed by atoms with Gasteiger partial charge in [-0.2, -0.15) is 0 Å². The number of nitrogens with one attached hydrogen (secondary N) is 1. The number of esters is 1. The van der Waals surface area contributed by atoms with E-state index < -0.39 is 24.3 Å². The molecule has 0 unspecified atom stereocenters. The van der Waals surface area contributed by atoms with Crippen LogP contribution in [-0.4, -0.2) is 42.4 Å². The van der Waals surface area contributed by atoms with Gasteiger partial charge in [-0.25, -0.2) is 4.39 Å². The van der Waals surface area contributed by atoms with Crippen LogP contribution in [0, 0.1) is 12.7 Å². The molecule has 2 amide bonds. The van der Waals surface area contributed by atoms with E-state index in [2.05, 4.69) is 5.32 Å². The fourth-order valence-electron chi connectivity index (χ4n) is 2.74. The number of nitrogens with zero attached hydrogens (tertiary/aromatic N) is 1. The van der Waals surface area contributed by atoms with Crippen LogP contribution in [0.3, 0.4) is 0 Å². The Balaban J connectivity index is 1.87. The van der Waals surface area contributed by atoms with Crippen LogP contribution in [0.5, 0.6) is 0 Å². The van der Waals surface area contributed by atoms with Crippen molar-refractivity contribution >= 4 is 23.5 Å². The first-order valence-corrected chi connectivity index (χ1v) is 9.42. The first-order chi connectivity index (χ1) is 13.9. The maximum absolute atomic E-state index is 13.2. The van der Waals surface area contributed by atoms with Crippen molar-refractivity contribution in [1.29, 1.82) is 0 Å². The molecule has 0 heterocycles. The van der Waals surface area contributed by atoms with Crippen molar-refractivity contribution in [1.82, 2.24) is 4.90 Å². The molecule has 0 fully saturated rings. The number of para-hydroxylation sites is 1. The Labute approximate surface area is 169 Å². The number of aryl methyl sites for hydroxylation is 1. The number of halogens is 1. The van der Waals surface area contributed by atoms with Crippen LogP contribution in [0.25, 0.3) is 0 Å². The third-order valence-electron chi connectivity index (χ3n) is 4.19. The van der Waals surface area contributed by atoms with Crippen LogP contribution >= 0.6 is 0 Å². The largest absolute Gasteiger partial charge is 0.455 e. The standard InChI is InChI=1S/C22H25FN2O4/c1-3-11-25(14-20(26)24-19-10-5-4-7-16(19)2)21(27)15-29-22(28)13-17-8-6-9-18(23)12-17/h4-10,12H,3,11,13-15H2,1-2H3,(H,24,26). The van der Waals surface area contributed by atoms with E-state index in [1.165, 1.54) is 23.1 Å². The summed E-state index contributed by atoms with van der Waals surface area (Å²) in [6, 6.07) is 13.0. The number of carbonyl (C=O) groups excluding carboxylic acids is 3. The van der Waals surface area contributed by atoms with E-state index in [-0.39, 0.29) is 18.9 Å². The molecule has 0 atom stereocenters. The number of rotatable bonds is 9. The minimum Gasteiger partial charge on any atom is -0.455 e. The van der Waals surface area contributed by atoms with E-state index >= 15 is 0 Å². The normalized spacial score (nSPS) is 10.3. The summed E-state index contributed by atoms with van der Waals surface area (Å²) in [4.78, 5) is 38.0. The van der Waals surface area contributed by atoms with Gasteiger partial charge >= 0.3 is 5.97 Å². The van der Waals surface area contributed by atoms with Crippen LogP contribution < -0.4 is 5.32 Å². The molecule has 0 aliphatic rings. The quantitative estimate of drug-likeness (QED) is 0.657. The van der Waals surface area contributed by atoms with Crippen molar-refractivity contribution in [3.8, 4) is 0 Å². The lowest BCUT2D eigenvalue weighted by Crippen LogP contribution is -2.41. The van der Waals surface area contributed by atoms with E-state index in [4.69, 9.17) is 4.74 Å². The van der Waals surface area contributed by atoms with E-state index in [0.29, 0.717) is 24.2 Å². The number of hydrogen-bond acceptors (Lipinski definition) is 4. The molecule has 6 nitrogen and oxygen atoms in total. The number of ether oxygens (including phenoxy) is 1. The highest BCUT2D eigenvalue weighted by molar-refractivity contribution is 5.95. The van der Waals surface area contributed by atoms with Gasteiger partial charge in [0.1, 0.15) is 5.82 Å². The lowest BCUT2D eigenvalue weighted by molar-refractivity contribution is -0.151. The molecule has 0 aliphatic carbocycles. The van der Waals surface area contributed by atoms with Crippen molar-refractivity contribution in [3.05, 3.63) is 65.5 Å². The van der Waals surface area contributed by atoms with Gasteiger partial charge in [0.2, 0.25) is 5.91 Å². The predicted molar refractivity (Wildman–Crippen MR) is 108 cm³/mol. The maximum Gasteiger partial charge on any atom is 0.310 e. The molecule has 0 aromatic heterocycles. The summed E-state index contributed by atoms with van der Waals surface area (Å²) < 4.78 is 18.2. The van der Waals surface area contributed by atoms with E-state index in [9.17, 15) is 18.8 Å². The number of anilines is 1. The minimum atomic E-state index is -0.634. The first kappa shape index (κ1) is 22.1. The molecule has 0 saturated carbocycles. The van der Waals surface area contributed by atoms with Gasteiger partial charge in [-0.05, 0) is 42.7 Å². The van der Waals surface area contributed by atoms with Gasteiger partial charge in [-0.1, -0.05) is 37.3 Å². The maximum atomic E-state index is 13.2. The lowest BCUT2D eigenvalue weighted by Gasteiger charge is -2.21. The summed E-state index contributed by atoms with van der Waals surface area (Å²) in [5.41, 5.74) is 2.06. The molecular formula is C22H25FN2O4. The topological polar surface area (TPSA) is 75.7 Å². The predicted octanol–water partition coefficient (Wildman–Crippen LogP) is 3.10. The Hall–Kier alpha value is -3.22. The van der Waals surface area contributed by atoms with Crippen LogP contribution in [-0.2, 0) is 25.5 Å². The minimum absolute atomic E-state index is 0.132. The Morgan fingerprint density at radius 3 is 2.55 bits per heavy atom. The van der Waals surface area contributed by atoms with Crippen molar-refractivity contribution in [2.24, 2.45) is 0 Å². The Kier molecular flexibility index (Phi) is 8.33. The molecule has 0 aliphatic heterocycles. The molecule has 2 rings (SSSR count). The van der Waals surface area contributed by atoms with Crippen LogP contribution in [0.4, 0.5) is 10.1 Å². The zero-order valence-corrected chi connectivity index (χ0v) is 16.6. The molecule has 7 heteroatoms. The molecular weight excluding hydrogens is 375 g/mol. The molecule has 29 heavy (non-hydrogen) atoms. The average molecular weight is 400 g/mol. The van der Waals surface area contributed by atoms with Crippen LogP contribution in [0.2, 0.25) is 0 Å². The second kappa shape index (κ2) is 10.9. The summed E-state index contributed by atoms with van der Waals surface area (Å²) in [5.74, 6) is -1.86. The Bertz CT molecular complexity index is 869. The highest BCUT2D eigenvalue weighted by Crippen LogP contribution is 2.13. The molecule has 0 radical (unpaired) electrons. The average Bonchev–Trinajstić information content (AvgIpc) is 2.67. The molecule has 0 saturated heterocycles. The van der Waals surface area contributed by atoms with Gasteiger partial charge in [-0.3, -0.25) is 14.4 Å². The number of amides is 2. The van der Waals surface area contributed by atoms with Crippen LogP contribution in [0.1, 0.15) is 24.5 Å². The number of carbonyl (C=O) groups is 3. The van der Waals surface area contributed by atoms with Crippen molar-refractivity contribution in [2.45, 2.75) is 26.7 Å². The highest BCUT2D eigenvalue weighted by Gasteiger charge is 2.19. The summed E-state index contributed by atoms with van der Waals surface area (Å²) in [6.45, 7) is 3.52. The number of hydrogen-bond donors (Lipinski definition) is 1. The monoisotopic (exact) mass is 400 g/mol. The Morgan fingerprint density at radius 1 is 1.10 bits per heavy atom. The smallest absolute Gasteiger partial charge is 0.310 e. The molecule has 154 valence electrons. The summed E-state index contributed by atoms with van der Waals surface area (Å²) in [6.07, 6.45) is 0.521. The van der Waals surface area contributed by atoms with Gasteiger partial charge in [0, 0.05) is 12.2 Å². The summed E-state index contributed by atoms with van der Waals surface area (Å²) in [5, 5.41) is 2.78. The molecule has 0 bridgehead atoms. The molecule has 2 aromatic carbocycles. The van der Waals surface area contributed by atoms with Gasteiger partial charge in [0.15, 0.2) is 6.61 Å². The fourth-order valence-corrected chi connectivity index (χ4v) is 2.74.